The summed E-state index contributed by atoms with van der Waals surface area (Å²) in [6.07, 6.45) is 2.53. The highest BCUT2D eigenvalue weighted by molar-refractivity contribution is 7.98. The molecule has 6 nitrogen and oxygen atoms in total. The number of thioether (sulfide) groups is 1. The second-order valence-corrected chi connectivity index (χ2v) is 9.82. The maximum absolute atomic E-state index is 13.6. The fourth-order valence-electron chi connectivity index (χ4n) is 4.01. The minimum atomic E-state index is -0.152. The van der Waals surface area contributed by atoms with Gasteiger partial charge in [-0.2, -0.15) is 16.7 Å². The minimum Gasteiger partial charge on any atom is -0.356 e. The maximum atomic E-state index is 13.6. The molecule has 180 valence electrons. The van der Waals surface area contributed by atoms with Crippen LogP contribution in [0.3, 0.4) is 0 Å². The predicted octanol–water partition coefficient (Wildman–Crippen LogP) is 4.84. The molecular formula is C26H31FN4O2S. The Morgan fingerprint density at radius 1 is 1.18 bits per heavy atom. The van der Waals surface area contributed by atoms with Crippen LogP contribution in [-0.4, -0.2) is 46.3 Å². The van der Waals surface area contributed by atoms with Crippen molar-refractivity contribution in [1.29, 1.82) is 0 Å². The third-order valence-corrected chi connectivity index (χ3v) is 7.17. The molecule has 1 amide bonds. The number of aryl methyl sites for hydroxylation is 1. The fourth-order valence-corrected chi connectivity index (χ4v) is 4.96. The van der Waals surface area contributed by atoms with E-state index in [1.54, 1.807) is 17.8 Å². The summed E-state index contributed by atoms with van der Waals surface area (Å²) in [6, 6.07) is 14.9. The topological polar surface area (TPSA) is 71.3 Å². The van der Waals surface area contributed by atoms with Gasteiger partial charge in [0.1, 0.15) is 5.82 Å². The number of halogens is 1. The summed E-state index contributed by atoms with van der Waals surface area (Å²) in [4.78, 5) is 19.3. The second-order valence-electron chi connectivity index (χ2n) is 8.72. The van der Waals surface area contributed by atoms with Gasteiger partial charge in [-0.15, -0.1) is 0 Å². The van der Waals surface area contributed by atoms with Gasteiger partial charge >= 0.3 is 0 Å². The van der Waals surface area contributed by atoms with E-state index in [0.717, 1.165) is 49.2 Å². The summed E-state index contributed by atoms with van der Waals surface area (Å²) >= 11 is 1.69. The van der Waals surface area contributed by atoms with Crippen LogP contribution < -0.4 is 5.32 Å². The van der Waals surface area contributed by atoms with Crippen molar-refractivity contribution in [3.05, 3.63) is 71.4 Å². The quantitative estimate of drug-likeness (QED) is 0.417. The second kappa shape index (κ2) is 12.1. The average molecular weight is 483 g/mol. The number of benzene rings is 2. The van der Waals surface area contributed by atoms with Crippen molar-refractivity contribution in [2.24, 2.45) is 5.92 Å². The Kier molecular flexibility index (Phi) is 8.71. The number of likely N-dealkylation sites (tertiary alicyclic amines) is 1. The van der Waals surface area contributed by atoms with E-state index < -0.39 is 0 Å². The van der Waals surface area contributed by atoms with Crippen LogP contribution >= 0.6 is 11.8 Å². The minimum absolute atomic E-state index is 0.0492. The van der Waals surface area contributed by atoms with Crippen LogP contribution in [0.1, 0.15) is 36.3 Å². The van der Waals surface area contributed by atoms with Crippen molar-refractivity contribution in [3.8, 4) is 11.4 Å². The Balaban J connectivity index is 1.11. The number of nitrogens with zero attached hydrogens (tertiary/aromatic N) is 3. The Bertz CT molecular complexity index is 1060. The molecule has 0 saturated carbocycles. The van der Waals surface area contributed by atoms with Crippen LogP contribution in [0.5, 0.6) is 0 Å². The number of carbonyl (C=O) groups is 1. The van der Waals surface area contributed by atoms with E-state index in [1.807, 2.05) is 43.3 Å². The number of nitrogens with one attached hydrogen (secondary N) is 1. The van der Waals surface area contributed by atoms with Gasteiger partial charge in [0.05, 0.1) is 6.54 Å². The molecule has 0 spiro atoms. The number of amides is 1. The third kappa shape index (κ3) is 6.90. The highest BCUT2D eigenvalue weighted by Crippen LogP contribution is 2.21. The molecule has 1 saturated heterocycles. The van der Waals surface area contributed by atoms with Crippen LogP contribution in [0, 0.1) is 18.7 Å². The smallest absolute Gasteiger partial charge is 0.241 e. The molecule has 2 aromatic carbocycles. The standard InChI is InChI=1S/C26H31FN4O2S/c1-19-7-9-20(10-8-19)25-29-24(33-30-25)17-31-14-11-21(12-15-31)26(32)28-13-4-16-34-18-22-5-2-3-6-23(22)27/h2-3,5-10,21H,4,11-18H2,1H3,(H,28,32). The number of carbonyl (C=O) groups excluding carboxylic acids is 1. The van der Waals surface area contributed by atoms with E-state index in [0.29, 0.717) is 30.6 Å². The first-order valence-electron chi connectivity index (χ1n) is 11.8. The van der Waals surface area contributed by atoms with E-state index in [9.17, 15) is 9.18 Å². The van der Waals surface area contributed by atoms with Gasteiger partial charge in [-0.1, -0.05) is 53.2 Å². The predicted molar refractivity (Wildman–Crippen MR) is 133 cm³/mol. The lowest BCUT2D eigenvalue weighted by molar-refractivity contribution is -0.126. The zero-order valence-electron chi connectivity index (χ0n) is 19.5. The van der Waals surface area contributed by atoms with Crippen LogP contribution in [0.4, 0.5) is 4.39 Å². The highest BCUT2D eigenvalue weighted by Gasteiger charge is 2.25. The van der Waals surface area contributed by atoms with Crippen LogP contribution in [-0.2, 0) is 17.1 Å². The van der Waals surface area contributed by atoms with Crippen LogP contribution in [0.25, 0.3) is 11.4 Å². The van der Waals surface area contributed by atoms with E-state index in [1.165, 1.54) is 11.6 Å². The van der Waals surface area contributed by atoms with Crippen molar-refractivity contribution in [3.63, 3.8) is 0 Å². The summed E-state index contributed by atoms with van der Waals surface area (Å²) in [5, 5.41) is 7.17. The molecule has 8 heteroatoms. The van der Waals surface area contributed by atoms with Crippen molar-refractivity contribution in [2.45, 2.75) is 38.5 Å². The molecule has 0 bridgehead atoms. The lowest BCUT2D eigenvalue weighted by Gasteiger charge is -2.30. The third-order valence-electron chi connectivity index (χ3n) is 6.08. The van der Waals surface area contributed by atoms with Gasteiger partial charge in [0.15, 0.2) is 0 Å². The summed E-state index contributed by atoms with van der Waals surface area (Å²) in [7, 11) is 0. The SMILES string of the molecule is Cc1ccc(-c2noc(CN3CCC(C(=O)NCCCSCc4ccccc4F)CC3)n2)cc1. The largest absolute Gasteiger partial charge is 0.356 e. The van der Waals surface area contributed by atoms with E-state index in [4.69, 9.17) is 4.52 Å². The number of piperidine rings is 1. The molecular weight excluding hydrogens is 451 g/mol. The molecule has 0 atom stereocenters. The summed E-state index contributed by atoms with van der Waals surface area (Å²) in [5.74, 6) is 2.79. The van der Waals surface area contributed by atoms with Crippen molar-refractivity contribution in [2.75, 3.05) is 25.4 Å². The normalized spacial score (nSPS) is 14.9. The molecule has 0 aliphatic carbocycles. The van der Waals surface area contributed by atoms with Gasteiger partial charge in [0.25, 0.3) is 0 Å². The number of hydrogen-bond acceptors (Lipinski definition) is 6. The van der Waals surface area contributed by atoms with Crippen LogP contribution in [0.15, 0.2) is 53.1 Å². The Labute approximate surface area is 204 Å². The molecule has 2 heterocycles. The van der Waals surface area contributed by atoms with Gasteiger partial charge < -0.3 is 9.84 Å². The molecule has 0 radical (unpaired) electrons. The maximum Gasteiger partial charge on any atom is 0.241 e. The number of hydrogen-bond donors (Lipinski definition) is 1. The molecule has 1 aromatic heterocycles. The van der Waals surface area contributed by atoms with Crippen LogP contribution in [0.2, 0.25) is 0 Å². The summed E-state index contributed by atoms with van der Waals surface area (Å²) in [6.45, 7) is 4.97. The first kappa shape index (κ1) is 24.4. The van der Waals surface area contributed by atoms with E-state index in [-0.39, 0.29) is 17.6 Å². The van der Waals surface area contributed by atoms with Gasteiger partial charge in [0, 0.05) is 23.8 Å². The molecule has 34 heavy (non-hydrogen) atoms. The summed E-state index contributed by atoms with van der Waals surface area (Å²) in [5.41, 5.74) is 2.87. The number of aromatic nitrogens is 2. The molecule has 1 N–H and O–H groups in total. The highest BCUT2D eigenvalue weighted by atomic mass is 32.2. The first-order valence-corrected chi connectivity index (χ1v) is 12.9. The van der Waals surface area contributed by atoms with E-state index >= 15 is 0 Å². The molecule has 3 aromatic rings. The van der Waals surface area contributed by atoms with E-state index in [2.05, 4.69) is 20.4 Å². The fraction of sp³-hybridized carbons (Fsp3) is 0.423. The first-order chi connectivity index (χ1) is 16.6. The van der Waals surface area contributed by atoms with Crippen molar-refractivity contribution >= 4 is 17.7 Å². The van der Waals surface area contributed by atoms with Crippen molar-refractivity contribution in [1.82, 2.24) is 20.4 Å². The molecule has 1 aliphatic heterocycles. The summed E-state index contributed by atoms with van der Waals surface area (Å²) < 4.78 is 19.1. The Morgan fingerprint density at radius 3 is 2.71 bits per heavy atom. The zero-order valence-corrected chi connectivity index (χ0v) is 20.3. The van der Waals surface area contributed by atoms with Gasteiger partial charge in [0.2, 0.25) is 17.6 Å². The lowest BCUT2D eigenvalue weighted by atomic mass is 9.96. The molecule has 1 fully saturated rings. The van der Waals surface area contributed by atoms with Gasteiger partial charge in [-0.3, -0.25) is 9.69 Å². The lowest BCUT2D eigenvalue weighted by Crippen LogP contribution is -2.40. The molecule has 0 unspecified atom stereocenters. The number of rotatable bonds is 10. The van der Waals surface area contributed by atoms with Gasteiger partial charge in [-0.05, 0) is 56.7 Å². The van der Waals surface area contributed by atoms with Gasteiger partial charge in [-0.25, -0.2) is 4.39 Å². The monoisotopic (exact) mass is 482 g/mol. The Morgan fingerprint density at radius 2 is 1.94 bits per heavy atom. The molecule has 4 rings (SSSR count). The Hall–Kier alpha value is -2.71. The average Bonchev–Trinajstić information content (AvgIpc) is 3.31. The molecule has 1 aliphatic rings. The van der Waals surface area contributed by atoms with Crippen molar-refractivity contribution < 1.29 is 13.7 Å². The zero-order chi connectivity index (χ0) is 23.8.